The number of benzene rings is 4. The van der Waals surface area contributed by atoms with E-state index in [2.05, 4.69) is 121 Å². The van der Waals surface area contributed by atoms with Crippen LogP contribution in [0.5, 0.6) is 11.5 Å². The van der Waals surface area contributed by atoms with Crippen LogP contribution in [0.3, 0.4) is 0 Å². The molecule has 6 heteroatoms. The smallest absolute Gasteiger partial charge is 0.509 e. The molecule has 274 valence electrons. The quantitative estimate of drug-likeness (QED) is 0.115. The SMILES string of the molecule is CCc1c(CC)c(CC(C)C)c(-c2cnn(-c3[c-]c(Oc4[c-]c5c(cc4)c4ccccc4n5-c4cc(C)ccn4)ccc3)c2)c(CC(C)C)c1CC.[Pt+2]. The summed E-state index contributed by atoms with van der Waals surface area (Å²) in [5.74, 6) is 3.19. The topological polar surface area (TPSA) is 44.9 Å². The molecule has 0 saturated heterocycles. The molecule has 0 fully saturated rings. The van der Waals surface area contributed by atoms with Crippen molar-refractivity contribution in [3.05, 3.63) is 131 Å². The minimum atomic E-state index is 0. The number of para-hydroxylation sites is 1. The Balaban J connectivity index is 0.00000481. The van der Waals surface area contributed by atoms with Crippen LogP contribution in [-0.4, -0.2) is 19.3 Å². The maximum Gasteiger partial charge on any atom is 2.00 e. The first-order chi connectivity index (χ1) is 25.2. The van der Waals surface area contributed by atoms with Crippen molar-refractivity contribution in [3.8, 4) is 34.1 Å². The molecule has 0 saturated carbocycles. The van der Waals surface area contributed by atoms with E-state index < -0.39 is 0 Å². The Morgan fingerprint density at radius 1 is 0.717 bits per heavy atom. The monoisotopic (exact) mass is 881 g/mol. The molecule has 0 atom stereocenters. The van der Waals surface area contributed by atoms with E-state index in [9.17, 15) is 0 Å². The molecule has 53 heavy (non-hydrogen) atoms. The van der Waals surface area contributed by atoms with Gasteiger partial charge in [0.05, 0.1) is 6.20 Å². The summed E-state index contributed by atoms with van der Waals surface area (Å²) in [5.41, 5.74) is 14.2. The van der Waals surface area contributed by atoms with Crippen LogP contribution in [0.1, 0.15) is 81.8 Å². The predicted octanol–water partition coefficient (Wildman–Crippen LogP) is 11.8. The van der Waals surface area contributed by atoms with Crippen LogP contribution >= 0.6 is 0 Å². The number of hydrogen-bond acceptors (Lipinski definition) is 3. The third kappa shape index (κ3) is 7.51. The molecule has 4 aromatic carbocycles. The van der Waals surface area contributed by atoms with Crippen molar-refractivity contribution in [2.45, 2.75) is 87.5 Å². The first kappa shape index (κ1) is 38.3. The Morgan fingerprint density at radius 2 is 1.38 bits per heavy atom. The zero-order valence-electron chi connectivity index (χ0n) is 32.3. The molecule has 7 rings (SSSR count). The summed E-state index contributed by atoms with van der Waals surface area (Å²) >= 11 is 0. The summed E-state index contributed by atoms with van der Waals surface area (Å²) in [6.45, 7) is 18.4. The van der Waals surface area contributed by atoms with Gasteiger partial charge in [0, 0.05) is 35.0 Å². The Kier molecular flexibility index (Phi) is 11.7. The summed E-state index contributed by atoms with van der Waals surface area (Å²) in [6, 6.07) is 29.7. The van der Waals surface area contributed by atoms with Gasteiger partial charge in [0.25, 0.3) is 0 Å². The second-order valence-electron chi connectivity index (χ2n) is 14.8. The van der Waals surface area contributed by atoms with E-state index in [4.69, 9.17) is 14.8 Å². The number of rotatable bonds is 12. The number of fused-ring (bicyclic) bond motifs is 3. The van der Waals surface area contributed by atoms with Crippen LogP contribution in [-0.2, 0) is 53.2 Å². The molecule has 0 unspecified atom stereocenters. The molecule has 7 aromatic rings. The van der Waals surface area contributed by atoms with Gasteiger partial charge in [-0.15, -0.1) is 35.7 Å². The predicted molar refractivity (Wildman–Crippen MR) is 215 cm³/mol. The van der Waals surface area contributed by atoms with Crippen LogP contribution in [0.25, 0.3) is 44.4 Å². The van der Waals surface area contributed by atoms with Crippen molar-refractivity contribution < 1.29 is 25.8 Å². The number of aryl methyl sites for hydroxylation is 1. The van der Waals surface area contributed by atoms with Gasteiger partial charge >= 0.3 is 21.1 Å². The maximum atomic E-state index is 6.48. The second-order valence-corrected chi connectivity index (χ2v) is 14.8. The molecule has 0 radical (unpaired) electrons. The van der Waals surface area contributed by atoms with E-state index in [0.29, 0.717) is 23.3 Å². The molecular weight excluding hydrogens is 832 g/mol. The minimum absolute atomic E-state index is 0. The van der Waals surface area contributed by atoms with Crippen molar-refractivity contribution in [2.75, 3.05) is 0 Å². The summed E-state index contributed by atoms with van der Waals surface area (Å²) in [4.78, 5) is 4.72. The fraction of sp³-hybridized carbons (Fsp3) is 0.319. The second kappa shape index (κ2) is 16.3. The average molecular weight is 882 g/mol. The Morgan fingerprint density at radius 3 is 2.04 bits per heavy atom. The zero-order valence-corrected chi connectivity index (χ0v) is 34.6. The molecule has 0 bridgehead atoms. The van der Waals surface area contributed by atoms with Gasteiger partial charge in [0.1, 0.15) is 5.82 Å². The van der Waals surface area contributed by atoms with Gasteiger partial charge in [-0.2, -0.15) is 17.2 Å². The van der Waals surface area contributed by atoms with Gasteiger partial charge in [0.2, 0.25) is 0 Å². The molecule has 0 aliphatic carbocycles. The van der Waals surface area contributed by atoms with Gasteiger partial charge in [-0.25, -0.2) is 4.98 Å². The normalized spacial score (nSPS) is 11.6. The van der Waals surface area contributed by atoms with E-state index in [1.54, 1.807) is 5.56 Å². The van der Waals surface area contributed by atoms with Crippen molar-refractivity contribution in [2.24, 2.45) is 11.8 Å². The molecule has 0 spiro atoms. The van der Waals surface area contributed by atoms with Crippen molar-refractivity contribution in [1.29, 1.82) is 0 Å². The van der Waals surface area contributed by atoms with Crippen molar-refractivity contribution in [3.63, 3.8) is 0 Å². The van der Waals surface area contributed by atoms with Crippen LogP contribution in [0.4, 0.5) is 0 Å². The first-order valence-electron chi connectivity index (χ1n) is 19.0. The van der Waals surface area contributed by atoms with E-state index in [-0.39, 0.29) is 21.1 Å². The fourth-order valence-electron chi connectivity index (χ4n) is 8.07. The van der Waals surface area contributed by atoms with E-state index >= 15 is 0 Å². The van der Waals surface area contributed by atoms with Crippen LogP contribution < -0.4 is 4.74 Å². The molecule has 0 aliphatic heterocycles. The maximum absolute atomic E-state index is 6.48. The van der Waals surface area contributed by atoms with Gasteiger partial charge < -0.3 is 9.30 Å². The molecule has 0 amide bonds. The Hall–Kier alpha value is -4.47. The molecular formula is C47H50N4OPt. The van der Waals surface area contributed by atoms with Crippen LogP contribution in [0, 0.1) is 30.9 Å². The Labute approximate surface area is 329 Å². The van der Waals surface area contributed by atoms with Crippen LogP contribution in [0.2, 0.25) is 0 Å². The number of aromatic nitrogens is 4. The average Bonchev–Trinajstić information content (AvgIpc) is 3.74. The van der Waals surface area contributed by atoms with Gasteiger partial charge in [-0.1, -0.05) is 72.2 Å². The summed E-state index contributed by atoms with van der Waals surface area (Å²) < 4.78 is 10.6. The first-order valence-corrected chi connectivity index (χ1v) is 19.0. The van der Waals surface area contributed by atoms with Crippen molar-refractivity contribution in [1.82, 2.24) is 19.3 Å². The third-order valence-corrected chi connectivity index (χ3v) is 10.1. The Bertz CT molecular complexity index is 2340. The van der Waals surface area contributed by atoms with Crippen LogP contribution in [0.15, 0.2) is 85.3 Å². The summed E-state index contributed by atoms with van der Waals surface area (Å²) in [5, 5.41) is 7.19. The standard InChI is InChI=1S/C47H50N4O.Pt/c1-9-37-38(10-2)42(23-30(4)5)47(43(24-31(6)7)39(37)11-3)33-28-49-50(29-33)34-15-14-16-35(26-34)52-36-19-20-41-40-17-12-13-18-44(40)51(45(41)27-36)46-25-32(8)21-22-48-46;/h12-22,25,28-31H,9-11,23-24H2,1-8H3;/q-2;+2. The summed E-state index contributed by atoms with van der Waals surface area (Å²) in [7, 11) is 0. The molecule has 0 aliphatic rings. The largest absolute Gasteiger partial charge is 2.00 e. The number of nitrogens with zero attached hydrogens (tertiary/aromatic N) is 4. The van der Waals surface area contributed by atoms with Gasteiger partial charge in [0.15, 0.2) is 0 Å². The van der Waals surface area contributed by atoms with E-state index in [1.165, 1.54) is 33.4 Å². The third-order valence-electron chi connectivity index (χ3n) is 10.1. The molecule has 3 heterocycles. The minimum Gasteiger partial charge on any atom is -0.509 e. The van der Waals surface area contributed by atoms with Crippen molar-refractivity contribution >= 4 is 21.8 Å². The number of pyridine rings is 1. The van der Waals surface area contributed by atoms with Gasteiger partial charge in [-0.05, 0) is 119 Å². The zero-order chi connectivity index (χ0) is 36.5. The van der Waals surface area contributed by atoms with E-state index in [1.807, 2.05) is 41.2 Å². The van der Waals surface area contributed by atoms with Gasteiger partial charge in [-0.3, -0.25) is 4.68 Å². The number of hydrogen-bond donors (Lipinski definition) is 0. The molecule has 5 nitrogen and oxygen atoms in total. The molecule has 3 aromatic heterocycles. The fourth-order valence-corrected chi connectivity index (χ4v) is 8.07. The molecule has 0 N–H and O–H groups in total. The summed E-state index contributed by atoms with van der Waals surface area (Å²) in [6.07, 6.45) is 11.4. The van der Waals surface area contributed by atoms with E-state index in [0.717, 1.165) is 71.0 Å². The number of ether oxygens (including phenoxy) is 1.